The largest absolute Gasteiger partial charge is 0.398 e. The Balaban J connectivity index is 2.42. The van der Waals surface area contributed by atoms with E-state index in [0.717, 1.165) is 17.7 Å². The number of anilines is 1. The summed E-state index contributed by atoms with van der Waals surface area (Å²) in [7, 11) is 0. The van der Waals surface area contributed by atoms with E-state index in [-0.39, 0.29) is 11.9 Å². The number of amides is 1. The van der Waals surface area contributed by atoms with Gasteiger partial charge in [0, 0.05) is 21.6 Å². The zero-order valence-corrected chi connectivity index (χ0v) is 12.3. The number of nitrogens with two attached hydrogens (primary N) is 1. The molecule has 0 aliphatic rings. The predicted octanol–water partition coefficient (Wildman–Crippen LogP) is 3.32. The quantitative estimate of drug-likeness (QED) is 0.623. The van der Waals surface area contributed by atoms with E-state index in [1.165, 1.54) is 11.8 Å². The first-order chi connectivity index (χ1) is 8.52. The Kier molecular flexibility index (Phi) is 6.36. The van der Waals surface area contributed by atoms with E-state index >= 15 is 0 Å². The van der Waals surface area contributed by atoms with E-state index < -0.39 is 0 Å². The maximum atomic E-state index is 11.7. The minimum atomic E-state index is 0.0373. The molecule has 1 rings (SSSR count). The minimum Gasteiger partial charge on any atom is -0.398 e. The molecule has 0 aliphatic carbocycles. The number of rotatable bonds is 6. The first-order valence-corrected chi connectivity index (χ1v) is 7.36. The second-order valence-electron chi connectivity index (χ2n) is 4.23. The maximum absolute atomic E-state index is 11.7. The number of nitrogens with one attached hydrogen (secondary N) is 1. The Hall–Kier alpha value is -0.870. The van der Waals surface area contributed by atoms with Crippen molar-refractivity contribution in [2.24, 2.45) is 0 Å². The summed E-state index contributed by atoms with van der Waals surface area (Å²) in [5.41, 5.74) is 6.43. The standard InChI is InChI=1S/C13H19ClN2OS/c1-3-4-9(2)16-13(17)8-18-12-6-5-10(14)7-11(12)15/h5-7,9H,3-4,8,15H2,1-2H3,(H,16,17). The highest BCUT2D eigenvalue weighted by Gasteiger charge is 2.08. The monoisotopic (exact) mass is 286 g/mol. The molecule has 3 nitrogen and oxygen atoms in total. The van der Waals surface area contributed by atoms with Crippen LogP contribution in [0.2, 0.25) is 5.02 Å². The van der Waals surface area contributed by atoms with Crippen molar-refractivity contribution in [1.82, 2.24) is 5.32 Å². The van der Waals surface area contributed by atoms with E-state index in [9.17, 15) is 4.79 Å². The summed E-state index contributed by atoms with van der Waals surface area (Å²) in [6.07, 6.45) is 2.07. The number of hydrogen-bond acceptors (Lipinski definition) is 3. The molecule has 0 aliphatic heterocycles. The molecule has 1 aromatic rings. The number of carbonyl (C=O) groups excluding carboxylic acids is 1. The van der Waals surface area contributed by atoms with Crippen LogP contribution in [0.4, 0.5) is 5.69 Å². The van der Waals surface area contributed by atoms with E-state index in [2.05, 4.69) is 12.2 Å². The molecular formula is C13H19ClN2OS. The molecule has 0 saturated carbocycles. The Bertz CT molecular complexity index is 412. The molecule has 0 spiro atoms. The lowest BCUT2D eigenvalue weighted by Gasteiger charge is -2.12. The molecule has 1 aromatic carbocycles. The van der Waals surface area contributed by atoms with Gasteiger partial charge in [-0.3, -0.25) is 4.79 Å². The van der Waals surface area contributed by atoms with Crippen molar-refractivity contribution in [3.05, 3.63) is 23.2 Å². The van der Waals surface area contributed by atoms with Crippen LogP contribution in [-0.4, -0.2) is 17.7 Å². The van der Waals surface area contributed by atoms with Crippen molar-refractivity contribution in [3.63, 3.8) is 0 Å². The first-order valence-electron chi connectivity index (χ1n) is 6.00. The smallest absolute Gasteiger partial charge is 0.230 e. The van der Waals surface area contributed by atoms with Crippen molar-refractivity contribution >= 4 is 35.0 Å². The lowest BCUT2D eigenvalue weighted by Crippen LogP contribution is -2.33. The van der Waals surface area contributed by atoms with Crippen LogP contribution < -0.4 is 11.1 Å². The van der Waals surface area contributed by atoms with Crippen LogP contribution in [0.25, 0.3) is 0 Å². The van der Waals surface area contributed by atoms with Crippen LogP contribution in [0, 0.1) is 0 Å². The van der Waals surface area contributed by atoms with E-state index in [1.54, 1.807) is 12.1 Å². The average Bonchev–Trinajstić information content (AvgIpc) is 2.28. The SMILES string of the molecule is CCCC(C)NC(=O)CSc1ccc(Cl)cc1N. The summed E-state index contributed by atoms with van der Waals surface area (Å²) >= 11 is 7.24. The van der Waals surface area contributed by atoms with Gasteiger partial charge in [-0.25, -0.2) is 0 Å². The summed E-state index contributed by atoms with van der Waals surface area (Å²) < 4.78 is 0. The Morgan fingerprint density at radius 1 is 1.56 bits per heavy atom. The van der Waals surface area contributed by atoms with Gasteiger partial charge in [-0.1, -0.05) is 24.9 Å². The number of benzene rings is 1. The Morgan fingerprint density at radius 2 is 2.28 bits per heavy atom. The van der Waals surface area contributed by atoms with E-state index in [4.69, 9.17) is 17.3 Å². The Morgan fingerprint density at radius 3 is 2.89 bits per heavy atom. The van der Waals surface area contributed by atoms with Crippen LogP contribution in [0.1, 0.15) is 26.7 Å². The maximum Gasteiger partial charge on any atom is 0.230 e. The van der Waals surface area contributed by atoms with Crippen molar-refractivity contribution in [3.8, 4) is 0 Å². The molecule has 1 amide bonds. The van der Waals surface area contributed by atoms with Gasteiger partial charge in [0.15, 0.2) is 0 Å². The number of thioether (sulfide) groups is 1. The second-order valence-corrected chi connectivity index (χ2v) is 5.68. The molecule has 0 heterocycles. The summed E-state index contributed by atoms with van der Waals surface area (Å²) in [5.74, 6) is 0.412. The summed E-state index contributed by atoms with van der Waals surface area (Å²) in [6.45, 7) is 4.12. The highest BCUT2D eigenvalue weighted by Crippen LogP contribution is 2.27. The topological polar surface area (TPSA) is 55.1 Å². The third-order valence-corrected chi connectivity index (χ3v) is 3.78. The Labute approximate surface area is 117 Å². The van der Waals surface area contributed by atoms with E-state index in [0.29, 0.717) is 16.5 Å². The molecule has 1 atom stereocenters. The highest BCUT2D eigenvalue weighted by atomic mass is 35.5. The van der Waals surface area contributed by atoms with Crippen molar-refractivity contribution in [2.45, 2.75) is 37.6 Å². The number of nitrogen functional groups attached to an aromatic ring is 1. The van der Waals surface area contributed by atoms with Crippen molar-refractivity contribution in [2.75, 3.05) is 11.5 Å². The highest BCUT2D eigenvalue weighted by molar-refractivity contribution is 8.00. The van der Waals surface area contributed by atoms with Crippen molar-refractivity contribution < 1.29 is 4.79 Å². The molecule has 0 fully saturated rings. The van der Waals surface area contributed by atoms with Gasteiger partial charge in [-0.05, 0) is 31.5 Å². The fourth-order valence-corrected chi connectivity index (χ4v) is 2.56. The molecule has 0 saturated heterocycles. The number of carbonyl (C=O) groups is 1. The van der Waals surface area contributed by atoms with Gasteiger partial charge in [-0.15, -0.1) is 11.8 Å². The fraction of sp³-hybridized carbons (Fsp3) is 0.462. The zero-order chi connectivity index (χ0) is 13.5. The van der Waals surface area contributed by atoms with Crippen LogP contribution >= 0.6 is 23.4 Å². The average molecular weight is 287 g/mol. The number of halogens is 1. The number of hydrogen-bond donors (Lipinski definition) is 2. The van der Waals surface area contributed by atoms with Crippen LogP contribution in [-0.2, 0) is 4.79 Å². The predicted molar refractivity (Wildman–Crippen MR) is 79.1 cm³/mol. The lowest BCUT2D eigenvalue weighted by molar-refractivity contribution is -0.119. The van der Waals surface area contributed by atoms with Crippen LogP contribution in [0.5, 0.6) is 0 Å². The van der Waals surface area contributed by atoms with E-state index in [1.807, 2.05) is 13.0 Å². The lowest BCUT2D eigenvalue weighted by atomic mass is 10.2. The fourth-order valence-electron chi connectivity index (χ4n) is 1.62. The van der Waals surface area contributed by atoms with Gasteiger partial charge in [0.05, 0.1) is 5.75 Å². The molecule has 3 N–H and O–H groups in total. The van der Waals surface area contributed by atoms with Gasteiger partial charge >= 0.3 is 0 Å². The molecule has 0 bridgehead atoms. The third kappa shape index (κ3) is 5.19. The van der Waals surface area contributed by atoms with Gasteiger partial charge < -0.3 is 11.1 Å². The second kappa shape index (κ2) is 7.54. The van der Waals surface area contributed by atoms with Crippen molar-refractivity contribution in [1.29, 1.82) is 0 Å². The van der Waals surface area contributed by atoms with Gasteiger partial charge in [0.1, 0.15) is 0 Å². The molecule has 5 heteroatoms. The van der Waals surface area contributed by atoms with Gasteiger partial charge in [0.2, 0.25) is 5.91 Å². The third-order valence-electron chi connectivity index (χ3n) is 2.46. The normalized spacial score (nSPS) is 12.2. The summed E-state index contributed by atoms with van der Waals surface area (Å²) in [5, 5.41) is 3.56. The molecule has 100 valence electrons. The molecular weight excluding hydrogens is 268 g/mol. The first kappa shape index (κ1) is 15.2. The van der Waals surface area contributed by atoms with Crippen LogP contribution in [0.15, 0.2) is 23.1 Å². The summed E-state index contributed by atoms with van der Waals surface area (Å²) in [4.78, 5) is 12.6. The molecule has 0 aromatic heterocycles. The minimum absolute atomic E-state index is 0.0373. The van der Waals surface area contributed by atoms with Gasteiger partial charge in [-0.2, -0.15) is 0 Å². The zero-order valence-electron chi connectivity index (χ0n) is 10.7. The molecule has 1 unspecified atom stereocenters. The van der Waals surface area contributed by atoms with Gasteiger partial charge in [0.25, 0.3) is 0 Å². The molecule has 18 heavy (non-hydrogen) atoms. The molecule has 0 radical (unpaired) electrons. The van der Waals surface area contributed by atoms with Crippen LogP contribution in [0.3, 0.4) is 0 Å². The summed E-state index contributed by atoms with van der Waals surface area (Å²) in [6, 6.07) is 5.54.